The van der Waals surface area contributed by atoms with Gasteiger partial charge in [-0.3, -0.25) is 9.89 Å². The van der Waals surface area contributed by atoms with Gasteiger partial charge in [0.15, 0.2) is 5.82 Å². The number of pyridine rings is 1. The van der Waals surface area contributed by atoms with Crippen LogP contribution in [-0.4, -0.2) is 50.6 Å². The Morgan fingerprint density at radius 2 is 2.18 bits per heavy atom. The van der Waals surface area contributed by atoms with Crippen molar-refractivity contribution >= 4 is 52.2 Å². The van der Waals surface area contributed by atoms with E-state index in [2.05, 4.69) is 22.1 Å². The van der Waals surface area contributed by atoms with Crippen LogP contribution in [-0.2, 0) is 9.53 Å². The lowest BCUT2D eigenvalue weighted by atomic mass is 10.0. The second-order valence-electron chi connectivity index (χ2n) is 7.50. The van der Waals surface area contributed by atoms with E-state index in [1.54, 1.807) is 12.5 Å². The molecular weight excluding hydrogens is 469 g/mol. The number of nitrogens with one attached hydrogen (secondary N) is 1. The second-order valence-corrected chi connectivity index (χ2v) is 8.69. The Labute approximate surface area is 199 Å². The molecule has 0 radical (unpaired) electrons. The molecule has 5 rings (SSSR count). The molecule has 1 saturated heterocycles. The third-order valence-corrected chi connectivity index (χ3v) is 6.44. The summed E-state index contributed by atoms with van der Waals surface area (Å²) in [5.41, 5.74) is 9.44. The molecule has 4 aromatic rings. The van der Waals surface area contributed by atoms with Crippen LogP contribution in [0, 0.1) is 18.7 Å². The van der Waals surface area contributed by atoms with Crippen LogP contribution in [0.25, 0.3) is 27.7 Å². The highest BCUT2D eigenvalue weighted by atomic mass is 35.5. The normalized spacial score (nSPS) is 15.1. The molecule has 1 aliphatic heterocycles. The van der Waals surface area contributed by atoms with E-state index in [1.807, 2.05) is 29.7 Å². The standard InChI is InChI=1S/C16H13ClFN5S.C5H10O.CH2O2/c1-7-16(19)21-10-4-3-8(6-23(7)10)11-9-5-20-22-14(9)15(24-2)13(18)12(11)17;1-5-2-3-6-4-5;2-1-3/h3-6H,19H2,1-2H3,(H,20,22);5H,2-4H2,1H3;1H,(H,2,3). The zero-order valence-corrected chi connectivity index (χ0v) is 20.0. The number of ether oxygens (including phenoxy) is 1. The molecule has 1 fully saturated rings. The lowest BCUT2D eigenvalue weighted by molar-refractivity contribution is -0.122. The van der Waals surface area contributed by atoms with Gasteiger partial charge in [0.05, 0.1) is 27.3 Å². The molecule has 3 aromatic heterocycles. The molecule has 8 nitrogen and oxygen atoms in total. The minimum Gasteiger partial charge on any atom is -0.483 e. The maximum Gasteiger partial charge on any atom is 0.290 e. The molecule has 1 aromatic carbocycles. The lowest BCUT2D eigenvalue weighted by Gasteiger charge is -2.11. The fraction of sp³-hybridized carbons (Fsp3) is 0.318. The number of nitrogens with two attached hydrogens (primary N) is 1. The van der Waals surface area contributed by atoms with Crippen LogP contribution in [0.1, 0.15) is 19.0 Å². The third-order valence-electron chi connectivity index (χ3n) is 5.29. The first-order valence-electron chi connectivity index (χ1n) is 10.1. The Morgan fingerprint density at radius 3 is 2.76 bits per heavy atom. The fourth-order valence-corrected chi connectivity index (χ4v) is 4.54. The van der Waals surface area contributed by atoms with Crippen molar-refractivity contribution in [2.24, 2.45) is 5.92 Å². The van der Waals surface area contributed by atoms with E-state index in [-0.39, 0.29) is 11.5 Å². The Hall–Kier alpha value is -2.82. The summed E-state index contributed by atoms with van der Waals surface area (Å²) in [7, 11) is 0. The van der Waals surface area contributed by atoms with Crippen molar-refractivity contribution in [2.45, 2.75) is 25.2 Å². The molecule has 4 N–H and O–H groups in total. The van der Waals surface area contributed by atoms with Crippen molar-refractivity contribution in [3.05, 3.63) is 41.1 Å². The first kappa shape index (κ1) is 24.8. The van der Waals surface area contributed by atoms with E-state index < -0.39 is 5.82 Å². The molecule has 0 spiro atoms. The summed E-state index contributed by atoms with van der Waals surface area (Å²) in [6.07, 6.45) is 6.59. The first-order valence-corrected chi connectivity index (χ1v) is 11.7. The Bertz CT molecular complexity index is 1270. The zero-order chi connectivity index (χ0) is 24.1. The van der Waals surface area contributed by atoms with Crippen molar-refractivity contribution in [1.29, 1.82) is 0 Å². The molecule has 33 heavy (non-hydrogen) atoms. The summed E-state index contributed by atoms with van der Waals surface area (Å²) < 4.78 is 21.6. The van der Waals surface area contributed by atoms with E-state index in [0.29, 0.717) is 21.8 Å². The maximum absolute atomic E-state index is 14.7. The average molecular weight is 494 g/mol. The number of carbonyl (C=O) groups is 1. The van der Waals surface area contributed by atoms with Crippen LogP contribution in [0.3, 0.4) is 0 Å². The number of aromatic amines is 1. The van der Waals surface area contributed by atoms with Crippen molar-refractivity contribution in [3.8, 4) is 11.1 Å². The molecule has 176 valence electrons. The van der Waals surface area contributed by atoms with Crippen molar-refractivity contribution < 1.29 is 19.0 Å². The number of hydrogen-bond acceptors (Lipinski definition) is 6. The first-order chi connectivity index (χ1) is 15.8. The predicted octanol–water partition coefficient (Wildman–Crippen LogP) is 5.03. The Balaban J connectivity index is 0.000000288. The smallest absolute Gasteiger partial charge is 0.290 e. The minimum absolute atomic E-state index is 0.0818. The van der Waals surface area contributed by atoms with Gasteiger partial charge < -0.3 is 20.0 Å². The van der Waals surface area contributed by atoms with Gasteiger partial charge in [0.2, 0.25) is 0 Å². The third kappa shape index (κ3) is 5.07. The van der Waals surface area contributed by atoms with Crippen molar-refractivity contribution in [1.82, 2.24) is 19.6 Å². The maximum atomic E-state index is 14.7. The summed E-state index contributed by atoms with van der Waals surface area (Å²) in [5, 5.41) is 14.7. The predicted molar refractivity (Wildman–Crippen MR) is 129 cm³/mol. The van der Waals surface area contributed by atoms with Crippen LogP contribution in [0.2, 0.25) is 5.02 Å². The summed E-state index contributed by atoms with van der Waals surface area (Å²) in [6, 6.07) is 3.69. The summed E-state index contributed by atoms with van der Waals surface area (Å²) in [4.78, 5) is 13.1. The quantitative estimate of drug-likeness (QED) is 0.265. The van der Waals surface area contributed by atoms with E-state index >= 15 is 0 Å². The van der Waals surface area contributed by atoms with Gasteiger partial charge in [-0.05, 0) is 37.7 Å². The molecule has 0 amide bonds. The SMILES string of the molecule is CC1CCOC1.CSc1c(F)c(Cl)c(-c2ccc3nc(N)c(C)n3c2)c2cn[nH]c12.O=CO. The van der Waals surface area contributed by atoms with E-state index in [9.17, 15) is 4.39 Å². The molecular formula is C22H25ClFN5O3S. The number of fused-ring (bicyclic) bond motifs is 2. The molecule has 0 bridgehead atoms. The van der Waals surface area contributed by atoms with Gasteiger partial charge in [-0.2, -0.15) is 5.10 Å². The van der Waals surface area contributed by atoms with E-state index in [4.69, 9.17) is 32.0 Å². The Morgan fingerprint density at radius 1 is 1.45 bits per heavy atom. The monoisotopic (exact) mass is 493 g/mol. The number of benzene rings is 1. The van der Waals surface area contributed by atoms with Crippen LogP contribution < -0.4 is 5.73 Å². The number of thioether (sulfide) groups is 1. The molecule has 0 aliphatic carbocycles. The highest BCUT2D eigenvalue weighted by Gasteiger charge is 2.21. The number of rotatable bonds is 2. The molecule has 0 saturated carbocycles. The molecule has 1 aliphatic rings. The number of carboxylic acid groups (broad SMARTS) is 1. The number of aromatic nitrogens is 4. The number of anilines is 1. The largest absolute Gasteiger partial charge is 0.483 e. The number of aryl methyl sites for hydroxylation is 1. The second kappa shape index (κ2) is 10.9. The molecule has 1 unspecified atom stereocenters. The highest BCUT2D eigenvalue weighted by Crippen LogP contribution is 2.42. The molecule has 11 heteroatoms. The summed E-state index contributed by atoms with van der Waals surface area (Å²) in [6.45, 7) is 5.82. The van der Waals surface area contributed by atoms with Gasteiger partial charge in [0.1, 0.15) is 11.5 Å². The molecule has 1 atom stereocenters. The van der Waals surface area contributed by atoms with Crippen LogP contribution in [0.5, 0.6) is 0 Å². The van der Waals surface area contributed by atoms with Crippen LogP contribution in [0.15, 0.2) is 29.4 Å². The minimum atomic E-state index is -0.446. The number of imidazole rings is 1. The summed E-state index contributed by atoms with van der Waals surface area (Å²) in [5.74, 6) is 0.846. The van der Waals surface area contributed by atoms with Gasteiger partial charge >= 0.3 is 0 Å². The van der Waals surface area contributed by atoms with E-state index in [1.165, 1.54) is 18.2 Å². The van der Waals surface area contributed by atoms with Crippen molar-refractivity contribution in [2.75, 3.05) is 25.2 Å². The van der Waals surface area contributed by atoms with Gasteiger partial charge in [-0.15, -0.1) is 11.8 Å². The van der Waals surface area contributed by atoms with E-state index in [0.717, 1.165) is 41.4 Å². The van der Waals surface area contributed by atoms with Crippen LogP contribution >= 0.6 is 23.4 Å². The van der Waals surface area contributed by atoms with Crippen molar-refractivity contribution in [3.63, 3.8) is 0 Å². The van der Waals surface area contributed by atoms with Crippen LogP contribution in [0.4, 0.5) is 10.2 Å². The number of nitrogens with zero attached hydrogens (tertiary/aromatic N) is 3. The number of halogens is 2. The van der Waals surface area contributed by atoms with Gasteiger partial charge in [0.25, 0.3) is 6.47 Å². The van der Waals surface area contributed by atoms with Gasteiger partial charge in [-0.1, -0.05) is 18.5 Å². The fourth-order valence-electron chi connectivity index (χ4n) is 3.54. The number of hydrogen-bond donors (Lipinski definition) is 3. The number of H-pyrrole nitrogens is 1. The van der Waals surface area contributed by atoms with Gasteiger partial charge in [0, 0.05) is 35.9 Å². The summed E-state index contributed by atoms with van der Waals surface area (Å²) >= 11 is 7.66. The average Bonchev–Trinajstić information content (AvgIpc) is 3.52. The molecule has 4 heterocycles. The number of nitrogen functional groups attached to an aromatic ring is 1. The highest BCUT2D eigenvalue weighted by molar-refractivity contribution is 7.98. The zero-order valence-electron chi connectivity index (χ0n) is 18.4. The topological polar surface area (TPSA) is 119 Å². The lowest BCUT2D eigenvalue weighted by Crippen LogP contribution is -1.94. The van der Waals surface area contributed by atoms with Gasteiger partial charge in [-0.25, -0.2) is 9.37 Å². The Kier molecular flexibility index (Phi) is 8.17.